The van der Waals surface area contributed by atoms with Crippen LogP contribution in [-0.2, 0) is 14.2 Å². The lowest BCUT2D eigenvalue weighted by Gasteiger charge is -2.01. The van der Waals surface area contributed by atoms with Crippen LogP contribution < -0.4 is 0 Å². The summed E-state index contributed by atoms with van der Waals surface area (Å²) in [5.41, 5.74) is 0. The summed E-state index contributed by atoms with van der Waals surface area (Å²) in [6.45, 7) is 3.96. The largest absolute Gasteiger partial charge is 0.396 e. The molecule has 2 aliphatic heterocycles. The molecule has 0 aromatic carbocycles. The van der Waals surface area contributed by atoms with Crippen molar-refractivity contribution in [2.24, 2.45) is 0 Å². The van der Waals surface area contributed by atoms with E-state index in [0.717, 1.165) is 39.3 Å². The second-order valence-electron chi connectivity index (χ2n) is 6.43. The van der Waals surface area contributed by atoms with Crippen molar-refractivity contribution >= 4 is 0 Å². The first-order chi connectivity index (χ1) is 11.4. The van der Waals surface area contributed by atoms with E-state index in [9.17, 15) is 0 Å². The third-order valence-corrected chi connectivity index (χ3v) is 3.98. The van der Waals surface area contributed by atoms with Crippen LogP contribution in [0.5, 0.6) is 0 Å². The first-order valence-electron chi connectivity index (χ1n) is 9.39. The first kappa shape index (κ1) is 20.8. The van der Waals surface area contributed by atoms with Gasteiger partial charge in [0.2, 0.25) is 0 Å². The van der Waals surface area contributed by atoms with Crippen molar-refractivity contribution in [3.8, 4) is 0 Å². The second-order valence-corrected chi connectivity index (χ2v) is 6.43. The lowest BCUT2D eigenvalue weighted by atomic mass is 10.1. The Morgan fingerprint density at radius 3 is 1.17 bits per heavy atom. The fraction of sp³-hybridized carbons (Fsp3) is 1.00. The molecule has 0 bridgehead atoms. The highest BCUT2D eigenvalue weighted by Crippen LogP contribution is 2.12. The highest BCUT2D eigenvalue weighted by atomic mass is 16.6. The number of hydrogen-bond acceptors (Lipinski definition) is 5. The Bertz CT molecular complexity index is 218. The van der Waals surface area contributed by atoms with Crippen molar-refractivity contribution < 1.29 is 24.4 Å². The molecule has 0 aromatic heterocycles. The van der Waals surface area contributed by atoms with Crippen LogP contribution in [0.3, 0.4) is 0 Å². The van der Waals surface area contributed by atoms with Gasteiger partial charge in [0, 0.05) is 13.2 Å². The molecule has 2 saturated heterocycles. The molecule has 0 spiro atoms. The average Bonchev–Trinajstić information content (AvgIpc) is 3.45. The molecule has 0 radical (unpaired) electrons. The molecule has 0 aromatic rings. The van der Waals surface area contributed by atoms with Crippen molar-refractivity contribution in [3.63, 3.8) is 0 Å². The number of aliphatic hydroxyl groups is 2. The summed E-state index contributed by atoms with van der Waals surface area (Å²) in [5.74, 6) is 0. The lowest BCUT2D eigenvalue weighted by molar-refractivity contribution is 0.102. The molecule has 2 unspecified atom stereocenters. The summed E-state index contributed by atoms with van der Waals surface area (Å²) in [6.07, 6.45) is 12.9. The molecular formula is C18H36O5. The Labute approximate surface area is 141 Å². The van der Waals surface area contributed by atoms with Gasteiger partial charge in [-0.3, -0.25) is 0 Å². The first-order valence-corrected chi connectivity index (χ1v) is 9.39. The highest BCUT2D eigenvalue weighted by molar-refractivity contribution is 4.71. The van der Waals surface area contributed by atoms with Crippen molar-refractivity contribution in [3.05, 3.63) is 0 Å². The van der Waals surface area contributed by atoms with Crippen LogP contribution in [-0.4, -0.2) is 62.1 Å². The Balaban J connectivity index is 0.000000248. The molecule has 5 nitrogen and oxygen atoms in total. The predicted molar refractivity (Wildman–Crippen MR) is 90.6 cm³/mol. The zero-order chi connectivity index (χ0) is 16.6. The molecule has 2 N–H and O–H groups in total. The third kappa shape index (κ3) is 16.4. The topological polar surface area (TPSA) is 74.8 Å². The van der Waals surface area contributed by atoms with E-state index >= 15 is 0 Å². The van der Waals surface area contributed by atoms with E-state index in [2.05, 4.69) is 0 Å². The molecule has 2 rings (SSSR count). The summed E-state index contributed by atoms with van der Waals surface area (Å²) < 4.78 is 15.1. The predicted octanol–water partition coefficient (Wildman–Crippen LogP) is 2.67. The van der Waals surface area contributed by atoms with E-state index in [-0.39, 0.29) is 0 Å². The molecule has 5 heteroatoms. The van der Waals surface area contributed by atoms with Crippen LogP contribution >= 0.6 is 0 Å². The van der Waals surface area contributed by atoms with Crippen LogP contribution in [0, 0.1) is 0 Å². The maximum Gasteiger partial charge on any atom is 0.104 e. The molecule has 23 heavy (non-hydrogen) atoms. The van der Waals surface area contributed by atoms with E-state index in [1.165, 1.54) is 51.4 Å². The molecule has 2 aliphatic rings. The zero-order valence-electron chi connectivity index (χ0n) is 14.6. The van der Waals surface area contributed by atoms with Crippen LogP contribution in [0.4, 0.5) is 0 Å². The monoisotopic (exact) mass is 332 g/mol. The number of rotatable bonds is 15. The van der Waals surface area contributed by atoms with Gasteiger partial charge in [0.15, 0.2) is 0 Å². The fourth-order valence-electron chi connectivity index (χ4n) is 2.30. The minimum Gasteiger partial charge on any atom is -0.396 e. The van der Waals surface area contributed by atoms with Gasteiger partial charge in [-0.1, -0.05) is 51.4 Å². The average molecular weight is 332 g/mol. The van der Waals surface area contributed by atoms with Gasteiger partial charge in [0.05, 0.1) is 26.4 Å². The fourth-order valence-corrected chi connectivity index (χ4v) is 2.30. The van der Waals surface area contributed by atoms with E-state index in [0.29, 0.717) is 25.4 Å². The normalized spacial score (nSPS) is 21.7. The maximum atomic E-state index is 8.57. The number of ether oxygens (including phenoxy) is 3. The molecule has 2 atom stereocenters. The van der Waals surface area contributed by atoms with Crippen molar-refractivity contribution in [2.45, 2.75) is 76.4 Å². The summed E-state index contributed by atoms with van der Waals surface area (Å²) >= 11 is 0. The van der Waals surface area contributed by atoms with Crippen molar-refractivity contribution in [1.82, 2.24) is 0 Å². The van der Waals surface area contributed by atoms with Gasteiger partial charge >= 0.3 is 0 Å². The van der Waals surface area contributed by atoms with E-state index in [4.69, 9.17) is 24.4 Å². The summed E-state index contributed by atoms with van der Waals surface area (Å²) in [6, 6.07) is 0. The van der Waals surface area contributed by atoms with Gasteiger partial charge in [0.25, 0.3) is 0 Å². The number of epoxide rings is 2. The van der Waals surface area contributed by atoms with Gasteiger partial charge in [-0.2, -0.15) is 0 Å². The second kappa shape index (κ2) is 15.3. The number of hydrogen-bond donors (Lipinski definition) is 2. The van der Waals surface area contributed by atoms with Gasteiger partial charge in [-0.15, -0.1) is 0 Å². The summed E-state index contributed by atoms with van der Waals surface area (Å²) in [7, 11) is 0. The van der Waals surface area contributed by atoms with Crippen LogP contribution in [0.15, 0.2) is 0 Å². The molecule has 2 fully saturated rings. The van der Waals surface area contributed by atoms with Crippen molar-refractivity contribution in [1.29, 1.82) is 0 Å². The summed E-state index contributed by atoms with van der Waals surface area (Å²) in [4.78, 5) is 0. The van der Waals surface area contributed by atoms with Gasteiger partial charge in [0.1, 0.15) is 12.2 Å². The van der Waals surface area contributed by atoms with Crippen LogP contribution in [0.2, 0.25) is 0 Å². The molecule has 138 valence electrons. The Kier molecular flexibility index (Phi) is 13.9. The molecule has 0 saturated carbocycles. The highest BCUT2D eigenvalue weighted by Gasteiger charge is 2.26. The van der Waals surface area contributed by atoms with Gasteiger partial charge in [-0.25, -0.2) is 0 Å². The SMILES string of the molecule is C(OCC1CO1)C1CO1.OCCCCCCCCCCCCO. The molecule has 0 amide bonds. The Morgan fingerprint density at radius 2 is 0.913 bits per heavy atom. The summed E-state index contributed by atoms with van der Waals surface area (Å²) in [5, 5.41) is 17.1. The Morgan fingerprint density at radius 1 is 0.609 bits per heavy atom. The number of unbranched alkanes of at least 4 members (excludes halogenated alkanes) is 9. The lowest BCUT2D eigenvalue weighted by Crippen LogP contribution is -2.06. The smallest absolute Gasteiger partial charge is 0.104 e. The van der Waals surface area contributed by atoms with Gasteiger partial charge in [-0.05, 0) is 12.8 Å². The molecule has 2 heterocycles. The number of aliphatic hydroxyl groups excluding tert-OH is 2. The third-order valence-electron chi connectivity index (χ3n) is 3.98. The standard InChI is InChI=1S/C12H26O2.C6H10O3/c13-11-9-7-5-3-1-2-4-6-8-10-12-14;1(5-3-8-5)7-2-6-4-9-6/h13-14H,1-12H2;5-6H,1-4H2. The van der Waals surface area contributed by atoms with E-state index in [1.54, 1.807) is 0 Å². The minimum absolute atomic E-state index is 0.348. The minimum atomic E-state index is 0.348. The van der Waals surface area contributed by atoms with E-state index < -0.39 is 0 Å². The quantitative estimate of drug-likeness (QED) is 0.356. The van der Waals surface area contributed by atoms with E-state index in [1.807, 2.05) is 0 Å². The van der Waals surface area contributed by atoms with Crippen LogP contribution in [0.1, 0.15) is 64.2 Å². The maximum absolute atomic E-state index is 8.57. The molecular weight excluding hydrogens is 296 g/mol. The Hall–Kier alpha value is -0.200. The molecule has 0 aliphatic carbocycles. The zero-order valence-corrected chi connectivity index (χ0v) is 14.6. The van der Waals surface area contributed by atoms with Crippen LogP contribution in [0.25, 0.3) is 0 Å². The van der Waals surface area contributed by atoms with Gasteiger partial charge < -0.3 is 24.4 Å². The van der Waals surface area contributed by atoms with Crippen molar-refractivity contribution in [2.75, 3.05) is 39.6 Å².